The third kappa shape index (κ3) is 7.25. The van der Waals surface area contributed by atoms with E-state index in [9.17, 15) is 9.65 Å². The van der Waals surface area contributed by atoms with Crippen molar-refractivity contribution < 1.29 is 17.7 Å². The molecule has 3 aromatic rings. The largest absolute Gasteiger partial charge is 0.542 e. The molecule has 2 aromatic carbocycles. The Hall–Kier alpha value is -2.72. The van der Waals surface area contributed by atoms with Gasteiger partial charge in [0.05, 0.1) is 16.7 Å². The summed E-state index contributed by atoms with van der Waals surface area (Å²) in [6.07, 6.45) is -0.362. The zero-order valence-corrected chi connectivity index (χ0v) is 29.6. The maximum atomic E-state index is 14.8. The average molecular weight is 631 g/mol. The fourth-order valence-corrected chi connectivity index (χ4v) is 6.44. The van der Waals surface area contributed by atoms with Crippen LogP contribution in [0.15, 0.2) is 34.7 Å². The number of anilines is 1. The molecule has 1 heterocycles. The van der Waals surface area contributed by atoms with Gasteiger partial charge in [-0.15, -0.1) is 10.2 Å². The van der Waals surface area contributed by atoms with Crippen LogP contribution in [0.4, 0.5) is 10.1 Å². The summed E-state index contributed by atoms with van der Waals surface area (Å²) in [6.45, 7) is 25.2. The van der Waals surface area contributed by atoms with Gasteiger partial charge in [0, 0.05) is 11.3 Å². The fraction of sp³-hybridized carbons (Fsp3) is 0.516. The zero-order valence-electron chi connectivity index (χ0n) is 26.9. The van der Waals surface area contributed by atoms with Gasteiger partial charge in [-0.05, 0) is 86.0 Å². The summed E-state index contributed by atoms with van der Waals surface area (Å²) in [5.41, 5.74) is 2.40. The van der Waals surface area contributed by atoms with Crippen LogP contribution in [0.1, 0.15) is 71.5 Å². The van der Waals surface area contributed by atoms with Crippen LogP contribution in [0.2, 0.25) is 41.3 Å². The van der Waals surface area contributed by atoms with Crippen molar-refractivity contribution in [3.05, 3.63) is 58.2 Å². The average Bonchev–Trinajstić information content (AvgIpc) is 3.34. The highest BCUT2D eigenvalue weighted by molar-refractivity contribution is 6.75. The fourth-order valence-electron chi connectivity index (χ4n) is 3.80. The van der Waals surface area contributed by atoms with E-state index in [0.717, 1.165) is 11.3 Å². The minimum absolute atomic E-state index is 0.0197. The molecule has 7 nitrogen and oxygen atoms in total. The molecule has 11 heteroatoms. The lowest BCUT2D eigenvalue weighted by Gasteiger charge is -2.40. The molecule has 2 atom stereocenters. The minimum atomic E-state index is -2.29. The lowest BCUT2D eigenvalue weighted by atomic mass is 10.1. The van der Waals surface area contributed by atoms with Crippen LogP contribution in [0, 0.1) is 24.1 Å². The normalized spacial score (nSPS) is 14.3. The molecule has 1 aromatic heterocycles. The summed E-state index contributed by atoms with van der Waals surface area (Å²) >= 11 is 6.48. The molecule has 0 aliphatic carbocycles. The maximum Gasteiger partial charge on any atom is 0.250 e. The molecule has 0 amide bonds. The molecular formula is C31H44ClFN4O3Si2. The number of hydrogen-bond donors (Lipinski definition) is 1. The Morgan fingerprint density at radius 1 is 1.00 bits per heavy atom. The smallest absolute Gasteiger partial charge is 0.250 e. The van der Waals surface area contributed by atoms with E-state index in [-0.39, 0.29) is 27.8 Å². The van der Waals surface area contributed by atoms with E-state index in [1.54, 1.807) is 18.2 Å². The number of aromatic nitrogens is 2. The van der Waals surface area contributed by atoms with Crippen molar-refractivity contribution in [2.24, 2.45) is 0 Å². The van der Waals surface area contributed by atoms with E-state index >= 15 is 0 Å². The number of hydrogen-bond acceptors (Lipinski definition) is 7. The Morgan fingerprint density at radius 3 is 2.19 bits per heavy atom. The summed E-state index contributed by atoms with van der Waals surface area (Å²) in [7, 11) is -4.47. The quantitative estimate of drug-likeness (QED) is 0.235. The van der Waals surface area contributed by atoms with Crippen LogP contribution in [0.3, 0.4) is 0 Å². The van der Waals surface area contributed by atoms with E-state index in [1.165, 1.54) is 6.07 Å². The van der Waals surface area contributed by atoms with Crippen molar-refractivity contribution in [3.63, 3.8) is 0 Å². The van der Waals surface area contributed by atoms with Gasteiger partial charge in [-0.3, -0.25) is 0 Å². The van der Waals surface area contributed by atoms with E-state index in [0.29, 0.717) is 22.0 Å². The second kappa shape index (κ2) is 12.1. The second-order valence-corrected chi connectivity index (χ2v) is 23.7. The Morgan fingerprint density at radius 2 is 1.62 bits per heavy atom. The van der Waals surface area contributed by atoms with Gasteiger partial charge in [0.15, 0.2) is 14.1 Å². The van der Waals surface area contributed by atoms with Crippen molar-refractivity contribution >= 4 is 33.9 Å². The van der Waals surface area contributed by atoms with Crippen LogP contribution >= 0.6 is 11.6 Å². The van der Waals surface area contributed by atoms with E-state index in [2.05, 4.69) is 89.3 Å². The van der Waals surface area contributed by atoms with Gasteiger partial charge in [0.1, 0.15) is 17.9 Å². The zero-order chi connectivity index (χ0) is 31.8. The van der Waals surface area contributed by atoms with Gasteiger partial charge in [-0.1, -0.05) is 53.1 Å². The lowest BCUT2D eigenvalue weighted by molar-refractivity contribution is 0.166. The lowest BCUT2D eigenvalue weighted by Crippen LogP contribution is -2.45. The first-order valence-corrected chi connectivity index (χ1v) is 20.3. The molecule has 0 spiro atoms. The molecule has 228 valence electrons. The number of halogens is 2. The first-order valence-electron chi connectivity index (χ1n) is 14.1. The molecule has 0 bridgehead atoms. The van der Waals surface area contributed by atoms with Crippen molar-refractivity contribution in [1.82, 2.24) is 10.2 Å². The first-order chi connectivity index (χ1) is 19.2. The van der Waals surface area contributed by atoms with E-state index < -0.39 is 28.5 Å². The van der Waals surface area contributed by atoms with Gasteiger partial charge < -0.3 is 18.6 Å². The molecule has 0 fully saturated rings. The van der Waals surface area contributed by atoms with Crippen molar-refractivity contribution in [3.8, 4) is 23.3 Å². The molecule has 0 aliphatic heterocycles. The molecule has 0 radical (unpaired) electrons. The van der Waals surface area contributed by atoms with Gasteiger partial charge in [-0.25, -0.2) is 4.39 Å². The van der Waals surface area contributed by atoms with Crippen LogP contribution in [0.25, 0.3) is 11.5 Å². The second-order valence-electron chi connectivity index (χ2n) is 13.9. The van der Waals surface area contributed by atoms with E-state index in [4.69, 9.17) is 24.9 Å². The molecule has 0 saturated heterocycles. The molecule has 1 N–H and O–H groups in total. The number of nitriles is 1. The molecule has 42 heavy (non-hydrogen) atoms. The molecule has 0 saturated carbocycles. The number of nitrogens with one attached hydrogen (secondary N) is 1. The number of nitrogens with zero attached hydrogens (tertiary/aromatic N) is 3. The molecule has 3 rings (SSSR count). The van der Waals surface area contributed by atoms with Crippen LogP contribution in [-0.2, 0) is 4.43 Å². The minimum Gasteiger partial charge on any atom is -0.542 e. The van der Waals surface area contributed by atoms with Crippen molar-refractivity contribution in [1.29, 1.82) is 5.26 Å². The summed E-state index contributed by atoms with van der Waals surface area (Å²) in [6, 6.07) is 9.66. The third-order valence-corrected chi connectivity index (χ3v) is 18.0. The van der Waals surface area contributed by atoms with Crippen molar-refractivity contribution in [2.45, 2.75) is 104 Å². The van der Waals surface area contributed by atoms with Gasteiger partial charge in [0.2, 0.25) is 11.8 Å². The molecule has 1 unspecified atom stereocenters. The predicted octanol–water partition coefficient (Wildman–Crippen LogP) is 9.66. The Balaban J connectivity index is 2.03. The predicted molar refractivity (Wildman–Crippen MR) is 173 cm³/mol. The van der Waals surface area contributed by atoms with Crippen LogP contribution < -0.4 is 9.74 Å². The van der Waals surface area contributed by atoms with Crippen molar-refractivity contribution in [2.75, 3.05) is 5.32 Å². The summed E-state index contributed by atoms with van der Waals surface area (Å²) < 4.78 is 34.1. The molecule has 0 aliphatic rings. The van der Waals surface area contributed by atoms with Crippen LogP contribution in [0.5, 0.6) is 5.75 Å². The first kappa shape index (κ1) is 33.8. The maximum absolute atomic E-state index is 14.8. The van der Waals surface area contributed by atoms with Gasteiger partial charge in [-0.2, -0.15) is 5.26 Å². The highest BCUT2D eigenvalue weighted by Gasteiger charge is 2.41. The summed E-state index contributed by atoms with van der Waals surface area (Å²) in [5.74, 6) is 0.289. The summed E-state index contributed by atoms with van der Waals surface area (Å²) in [4.78, 5) is 0. The monoisotopic (exact) mass is 630 g/mol. The third-order valence-electron chi connectivity index (χ3n) is 8.63. The Bertz CT molecular complexity index is 1470. The molecular weight excluding hydrogens is 587 g/mol. The van der Waals surface area contributed by atoms with Gasteiger partial charge in [0.25, 0.3) is 8.32 Å². The highest BCUT2D eigenvalue weighted by atomic mass is 35.5. The van der Waals surface area contributed by atoms with Crippen LogP contribution in [-0.4, -0.2) is 32.9 Å². The summed E-state index contributed by atoms with van der Waals surface area (Å²) in [5, 5.41) is 21.9. The Kier molecular flexibility index (Phi) is 9.74. The number of rotatable bonds is 9. The van der Waals surface area contributed by atoms with E-state index in [1.807, 2.05) is 19.9 Å². The highest BCUT2D eigenvalue weighted by Crippen LogP contribution is 2.41. The SMILES string of the molecule is Cc1c(NC(c2nnc(-c3ccc(F)c(O[Si](C)(C)C(C)(C)C)c3)o2)[C@H](C)O[Si](C)(C)C(C)(C)C)ccc(C#N)c1Cl. The Labute approximate surface area is 257 Å². The van der Waals surface area contributed by atoms with Gasteiger partial charge >= 0.3 is 0 Å². The topological polar surface area (TPSA) is 93.2 Å². The standard InChI is InChI=1S/C31H44ClFN4O3Si2/c1-19-24(16-14-22(18-34)26(19)32)35-27(20(2)39-41(9,10)30(3,4)5)29-37-36-28(38-29)21-13-15-23(33)25(17-21)40-42(11,12)31(6,7)8/h13-17,20,27,35H,1-12H3/t20-,27?/m0/s1. The number of benzene rings is 2.